The maximum atomic E-state index is 4.93. The molecule has 0 N–H and O–H groups in total. The zero-order valence-electron chi connectivity index (χ0n) is 45.1. The van der Waals surface area contributed by atoms with Crippen molar-refractivity contribution in [3.8, 4) is 77.9 Å². The standard InChI is InChI=1S/2C31H27.C12H7Si.2ClH.Zr/c2*1-31(2,3)29-19-18-24-20-25(22-12-6-4-7-13-22)21-28(24)30(29)27-17-11-10-16-26(27)23-14-8-5-9-15-23;1-3-7-11-9(5-1)10-6-2-4-8-12(10)13-11;;;/h2*4-21H,1-3H3;1-7H;2*1H;/q3*-1;;;+2/p-2. The molecule has 12 aromatic carbocycles. The van der Waals surface area contributed by atoms with Crippen molar-refractivity contribution >= 4 is 58.5 Å². The number of fused-ring (bicyclic) bond motifs is 5. The zero-order chi connectivity index (χ0) is 54.2. The van der Waals surface area contributed by atoms with Crippen LogP contribution in [0.25, 0.3) is 99.4 Å². The Balaban J connectivity index is 0.000000138. The Hall–Kier alpha value is -6.90. The van der Waals surface area contributed by atoms with E-state index in [-0.39, 0.29) is 10.8 Å². The number of rotatable bonds is 6. The van der Waals surface area contributed by atoms with Gasteiger partial charge in [-0.3, -0.25) is 0 Å². The van der Waals surface area contributed by atoms with Gasteiger partial charge in [0.1, 0.15) is 0 Å². The Morgan fingerprint density at radius 2 is 0.718 bits per heavy atom. The molecule has 0 saturated heterocycles. The van der Waals surface area contributed by atoms with Crippen LogP contribution in [0.2, 0.25) is 0 Å². The molecule has 0 saturated carbocycles. The Bertz CT molecular complexity index is 3680. The van der Waals surface area contributed by atoms with Gasteiger partial charge in [0.15, 0.2) is 0 Å². The summed E-state index contributed by atoms with van der Waals surface area (Å²) in [6.45, 7) is 13.9. The van der Waals surface area contributed by atoms with Crippen LogP contribution in [-0.2, 0) is 31.7 Å². The molecule has 0 atom stereocenters. The van der Waals surface area contributed by atoms with Crippen LogP contribution in [0.15, 0.2) is 261 Å². The van der Waals surface area contributed by atoms with E-state index in [0.29, 0.717) is 0 Å². The molecule has 13 rings (SSSR count). The number of hydrogen-bond donors (Lipinski definition) is 0. The normalized spacial score (nSPS) is 11.5. The van der Waals surface area contributed by atoms with E-state index in [1.807, 2.05) is 6.07 Å². The van der Waals surface area contributed by atoms with Gasteiger partial charge in [-0.1, -0.05) is 270 Å². The van der Waals surface area contributed by atoms with Crippen LogP contribution >= 0.6 is 17.0 Å². The monoisotopic (exact) mass is 1140 g/mol. The molecule has 0 amide bonds. The van der Waals surface area contributed by atoms with Gasteiger partial charge in [0.2, 0.25) is 0 Å². The summed E-state index contributed by atoms with van der Waals surface area (Å²) >= 11 is -0.826. The first-order valence-corrected chi connectivity index (χ1v) is 34.0. The third-order valence-corrected chi connectivity index (χ3v) is 15.9. The van der Waals surface area contributed by atoms with E-state index < -0.39 is 20.8 Å². The van der Waals surface area contributed by atoms with Gasteiger partial charge in [-0.05, 0) is 66.5 Å². The fourth-order valence-corrected chi connectivity index (χ4v) is 12.2. The molecule has 0 aromatic heterocycles. The zero-order valence-corrected chi connectivity index (χ0v) is 50.1. The maximum absolute atomic E-state index is 4.93. The third-order valence-electron chi connectivity index (χ3n) is 14.5. The Labute approximate surface area is 483 Å². The predicted octanol–water partition coefficient (Wildman–Crippen LogP) is 20.2. The predicted molar refractivity (Wildman–Crippen MR) is 337 cm³/mol. The van der Waals surface area contributed by atoms with Gasteiger partial charge in [-0.2, -0.15) is 29.5 Å². The molecule has 0 bridgehead atoms. The van der Waals surface area contributed by atoms with Crippen molar-refractivity contribution in [2.45, 2.75) is 52.4 Å². The van der Waals surface area contributed by atoms with Gasteiger partial charge < -0.3 is 0 Å². The minimum absolute atomic E-state index is 0.0392. The molecule has 2 radical (unpaired) electrons. The molecule has 1 heterocycles. The SMILES string of the molecule is CC(C)(C)c1ccc2[cH-]c(-c3ccccc3)cc2c1-c1ccccc1-c1ccccc1.CC(C)(C)c1ccc2[cH-]c(-c3ccccc3)cc2c1-c1ccccc1-c1ccccc1.[Cl][Zr][Cl].[c-]1cccc2c1[Si]c1ccccc1-2. The van der Waals surface area contributed by atoms with E-state index >= 15 is 0 Å². The number of hydrogen-bond acceptors (Lipinski definition) is 0. The topological polar surface area (TPSA) is 0 Å². The van der Waals surface area contributed by atoms with Crippen molar-refractivity contribution in [1.82, 2.24) is 0 Å². The minimum Gasteiger partial charge on any atom is -0.184 e. The molecule has 0 spiro atoms. The molecule has 0 fully saturated rings. The third kappa shape index (κ3) is 12.0. The molecule has 78 heavy (non-hydrogen) atoms. The molecular weight excluding hydrogens is 1080 g/mol. The minimum atomic E-state index is -0.826. The second kappa shape index (κ2) is 24.4. The van der Waals surface area contributed by atoms with Crippen molar-refractivity contribution in [2.75, 3.05) is 0 Å². The molecule has 0 nitrogen and oxygen atoms in total. The maximum Gasteiger partial charge on any atom is 0.0920 e. The average Bonchev–Trinajstić information content (AvgIpc) is 4.40. The van der Waals surface area contributed by atoms with Crippen LogP contribution in [0.5, 0.6) is 0 Å². The van der Waals surface area contributed by atoms with Crippen molar-refractivity contribution in [1.29, 1.82) is 0 Å². The summed E-state index contributed by atoms with van der Waals surface area (Å²) in [5.74, 6) is 0. The Morgan fingerprint density at radius 1 is 0.372 bits per heavy atom. The van der Waals surface area contributed by atoms with Gasteiger partial charge in [-0.25, -0.2) is 0 Å². The fourth-order valence-electron chi connectivity index (χ4n) is 10.9. The molecule has 0 unspecified atom stereocenters. The molecule has 0 aliphatic carbocycles. The summed E-state index contributed by atoms with van der Waals surface area (Å²) in [6.07, 6.45) is 0. The summed E-state index contributed by atoms with van der Waals surface area (Å²) < 4.78 is 0. The van der Waals surface area contributed by atoms with Crippen LogP contribution < -0.4 is 10.4 Å². The largest absolute Gasteiger partial charge is 0.184 e. The van der Waals surface area contributed by atoms with Crippen molar-refractivity contribution in [3.63, 3.8) is 0 Å². The van der Waals surface area contributed by atoms with Crippen LogP contribution in [0.4, 0.5) is 0 Å². The van der Waals surface area contributed by atoms with Gasteiger partial charge in [0.05, 0.1) is 9.52 Å². The van der Waals surface area contributed by atoms with E-state index in [0.717, 1.165) is 9.52 Å². The smallest absolute Gasteiger partial charge is 0.0920 e. The van der Waals surface area contributed by atoms with E-state index in [2.05, 4.69) is 302 Å². The molecule has 4 heteroatoms. The molecular formula is C74H61Cl2SiZr-3. The van der Waals surface area contributed by atoms with E-state index in [4.69, 9.17) is 17.0 Å². The first kappa shape index (κ1) is 54.5. The van der Waals surface area contributed by atoms with Crippen molar-refractivity contribution in [3.05, 3.63) is 278 Å². The second-order valence-electron chi connectivity index (χ2n) is 21.7. The fraction of sp³-hybridized carbons (Fsp3) is 0.108. The van der Waals surface area contributed by atoms with Gasteiger partial charge in [-0.15, -0.1) is 74.6 Å². The van der Waals surface area contributed by atoms with Crippen LogP contribution in [-0.4, -0.2) is 9.52 Å². The first-order chi connectivity index (χ1) is 37.9. The van der Waals surface area contributed by atoms with Gasteiger partial charge in [0.25, 0.3) is 0 Å². The summed E-state index contributed by atoms with van der Waals surface area (Å²) in [4.78, 5) is 0. The number of halogens is 2. The summed E-state index contributed by atoms with van der Waals surface area (Å²) in [5.41, 5.74) is 21.1. The molecule has 12 aromatic rings. The second-order valence-corrected chi connectivity index (χ2v) is 26.7. The molecule has 1 aliphatic heterocycles. The summed E-state index contributed by atoms with van der Waals surface area (Å²) in [6, 6.07) is 97.3. The quantitative estimate of drug-likeness (QED) is 0.115. The molecule has 1 aliphatic rings. The van der Waals surface area contributed by atoms with Gasteiger partial charge >= 0.3 is 37.9 Å². The Morgan fingerprint density at radius 3 is 1.13 bits per heavy atom. The van der Waals surface area contributed by atoms with Crippen molar-refractivity contribution in [2.24, 2.45) is 0 Å². The van der Waals surface area contributed by atoms with E-state index in [1.165, 1.54) is 121 Å². The molecule has 382 valence electrons. The van der Waals surface area contributed by atoms with E-state index in [9.17, 15) is 0 Å². The van der Waals surface area contributed by atoms with Crippen molar-refractivity contribution < 1.29 is 20.8 Å². The first-order valence-electron chi connectivity index (χ1n) is 26.6. The van der Waals surface area contributed by atoms with Crippen LogP contribution in [0, 0.1) is 6.07 Å². The summed E-state index contributed by atoms with van der Waals surface area (Å²) in [5, 5.41) is 8.07. The number of benzene rings is 10. The van der Waals surface area contributed by atoms with E-state index in [1.54, 1.807) is 0 Å². The summed E-state index contributed by atoms with van der Waals surface area (Å²) in [7, 11) is 10.7. The van der Waals surface area contributed by atoms with Crippen LogP contribution in [0.1, 0.15) is 52.7 Å². The van der Waals surface area contributed by atoms with Gasteiger partial charge in [0, 0.05) is 0 Å². The van der Waals surface area contributed by atoms with Crippen LogP contribution in [0.3, 0.4) is 0 Å². The Kier molecular flexibility index (Phi) is 17.0. The average molecular weight is 1140 g/mol.